The van der Waals surface area contributed by atoms with E-state index in [4.69, 9.17) is 10.2 Å². The van der Waals surface area contributed by atoms with Gasteiger partial charge in [-0.1, -0.05) is 0 Å². The second-order valence-corrected chi connectivity index (χ2v) is 2.48. The molecule has 14 heteroatoms. The van der Waals surface area contributed by atoms with E-state index in [9.17, 15) is 29.7 Å². The summed E-state index contributed by atoms with van der Waals surface area (Å²) in [6, 6.07) is 0. The van der Waals surface area contributed by atoms with E-state index in [0.717, 1.165) is 0 Å². The van der Waals surface area contributed by atoms with Crippen LogP contribution in [0.3, 0.4) is 0 Å². The standard InChI is InChI=1S/C6H8O8.3Ca.3Na.6H/c7-2(8)1-6(14,5(12)13)3(9)4(10)11;;;;;;;;;;;;/h3,9,14H,1H2,(H,7,8)(H,10,11)(H,12,13);;;;;;;;;;;;/q;;;;3*+1;;;;;;/p-3. The van der Waals surface area contributed by atoms with Crippen LogP contribution in [-0.4, -0.2) is 153 Å². The van der Waals surface area contributed by atoms with Crippen molar-refractivity contribution >= 4 is 131 Å². The molecule has 0 aliphatic heterocycles. The van der Waals surface area contributed by atoms with Crippen molar-refractivity contribution in [2.45, 2.75) is 18.1 Å². The van der Waals surface area contributed by atoms with Gasteiger partial charge in [0.25, 0.3) is 0 Å². The molecule has 0 aromatic rings. The summed E-state index contributed by atoms with van der Waals surface area (Å²) in [5, 5.41) is 47.8. The van der Waals surface area contributed by atoms with Crippen molar-refractivity contribution in [1.29, 1.82) is 0 Å². The molecular weight excluding hydrogens is 389 g/mol. The molecule has 2 N–H and O–H groups in total. The second-order valence-electron chi connectivity index (χ2n) is 2.48. The molecule has 0 aromatic carbocycles. The van der Waals surface area contributed by atoms with Crippen molar-refractivity contribution in [3.8, 4) is 0 Å². The van der Waals surface area contributed by atoms with Crippen molar-refractivity contribution < 1.29 is 129 Å². The third-order valence-corrected chi connectivity index (χ3v) is 1.44. The third kappa shape index (κ3) is 16.6. The van der Waals surface area contributed by atoms with E-state index >= 15 is 0 Å². The van der Waals surface area contributed by atoms with Gasteiger partial charge in [0, 0.05) is 12.4 Å². The average Bonchev–Trinajstić information content (AvgIpc) is 2.00. The zero-order chi connectivity index (χ0) is 11.5. The van der Waals surface area contributed by atoms with Crippen molar-refractivity contribution in [3.63, 3.8) is 0 Å². The van der Waals surface area contributed by atoms with Crippen LogP contribution in [0.25, 0.3) is 0 Å². The van der Waals surface area contributed by atoms with Gasteiger partial charge in [-0.2, -0.15) is 0 Å². The smallest absolute Gasteiger partial charge is 1.00 e. The number of aliphatic carboxylic acids is 3. The molecular formula is C6H11Ca3Na3O8. The summed E-state index contributed by atoms with van der Waals surface area (Å²) in [6.07, 6.45) is -4.53. The van der Waals surface area contributed by atoms with E-state index in [1.807, 2.05) is 0 Å². The molecule has 0 rings (SSSR count). The fraction of sp³-hybridized carbons (Fsp3) is 0.500. The SMILES string of the molecule is O=C([O-])CC(O)(C(=O)[O-])C(O)C(=O)[O-].[CaH2].[CaH2].[CaH2].[Na+].[Na+].[Na+]. The predicted octanol–water partition coefficient (Wildman–Crippen LogP) is -18.0. The van der Waals surface area contributed by atoms with E-state index < -0.39 is 36.0 Å². The Morgan fingerprint density at radius 2 is 1.25 bits per heavy atom. The Hall–Kier alpha value is 5.11. The zero-order valence-corrected chi connectivity index (χ0v) is 15.6. The number of carbonyl (C=O) groups excluding carboxylic acids is 3. The summed E-state index contributed by atoms with van der Waals surface area (Å²) in [4.78, 5) is 30.2. The van der Waals surface area contributed by atoms with Crippen LogP contribution in [0.15, 0.2) is 0 Å². The van der Waals surface area contributed by atoms with E-state index in [1.54, 1.807) is 0 Å². The van der Waals surface area contributed by atoms with Crippen LogP contribution in [0.4, 0.5) is 0 Å². The van der Waals surface area contributed by atoms with Crippen LogP contribution < -0.4 is 104 Å². The van der Waals surface area contributed by atoms with Crippen LogP contribution in [0.2, 0.25) is 0 Å². The Morgan fingerprint density at radius 3 is 1.40 bits per heavy atom. The second kappa shape index (κ2) is 22.2. The fourth-order valence-corrected chi connectivity index (χ4v) is 0.695. The largest absolute Gasteiger partial charge is 1.00 e. The van der Waals surface area contributed by atoms with Gasteiger partial charge in [0.2, 0.25) is 0 Å². The molecule has 0 bridgehead atoms. The van der Waals surface area contributed by atoms with Crippen molar-refractivity contribution in [1.82, 2.24) is 0 Å². The first kappa shape index (κ1) is 44.5. The van der Waals surface area contributed by atoms with Gasteiger partial charge in [-0.25, -0.2) is 0 Å². The number of hydrogen-bond acceptors (Lipinski definition) is 8. The van der Waals surface area contributed by atoms with Gasteiger partial charge in [0.1, 0.15) is 11.7 Å². The van der Waals surface area contributed by atoms with Crippen molar-refractivity contribution in [2.24, 2.45) is 0 Å². The van der Waals surface area contributed by atoms with Gasteiger partial charge < -0.3 is 39.9 Å². The van der Waals surface area contributed by atoms with Gasteiger partial charge in [-0.05, 0) is 0 Å². The van der Waals surface area contributed by atoms with Crippen LogP contribution in [-0.2, 0) is 14.4 Å². The molecule has 0 saturated heterocycles. The zero-order valence-electron chi connectivity index (χ0n) is 9.63. The Labute approximate surface area is 271 Å². The molecule has 0 fully saturated rings. The number of carboxylic acids is 3. The number of carbonyl (C=O) groups is 3. The Morgan fingerprint density at radius 1 is 0.950 bits per heavy atom. The number of aliphatic hydroxyl groups is 2. The topological polar surface area (TPSA) is 161 Å². The van der Waals surface area contributed by atoms with Gasteiger partial charge in [-0.15, -0.1) is 0 Å². The van der Waals surface area contributed by atoms with Crippen LogP contribution in [0.1, 0.15) is 6.42 Å². The number of hydrogen-bond donors (Lipinski definition) is 2. The van der Waals surface area contributed by atoms with Crippen molar-refractivity contribution in [3.05, 3.63) is 0 Å². The number of aliphatic hydroxyl groups excluding tert-OH is 1. The predicted molar refractivity (Wildman–Crippen MR) is 56.2 cm³/mol. The first-order valence-electron chi connectivity index (χ1n) is 3.24. The van der Waals surface area contributed by atoms with Gasteiger partial charge in [0.15, 0.2) is 0 Å². The molecule has 92 valence electrons. The minimum absolute atomic E-state index is 0. The molecule has 0 aliphatic carbocycles. The molecule has 0 heterocycles. The summed E-state index contributed by atoms with van der Waals surface area (Å²) in [5.74, 6) is -6.84. The van der Waals surface area contributed by atoms with Crippen LogP contribution >= 0.6 is 0 Å². The van der Waals surface area contributed by atoms with Gasteiger partial charge in [-0.3, -0.25) is 0 Å². The summed E-state index contributed by atoms with van der Waals surface area (Å²) in [7, 11) is 0. The molecule has 0 aromatic heterocycles. The molecule has 2 atom stereocenters. The number of rotatable bonds is 5. The molecule has 0 saturated carbocycles. The molecule has 2 unspecified atom stereocenters. The van der Waals surface area contributed by atoms with Crippen LogP contribution in [0.5, 0.6) is 0 Å². The quantitative estimate of drug-likeness (QED) is 0.430. The van der Waals surface area contributed by atoms with E-state index in [2.05, 4.69) is 0 Å². The maximum Gasteiger partial charge on any atom is 1.00 e. The maximum atomic E-state index is 10.2. The van der Waals surface area contributed by atoms with E-state index in [0.29, 0.717) is 0 Å². The number of carboxylic acid groups (broad SMARTS) is 3. The normalized spacial score (nSPS) is 11.7. The van der Waals surface area contributed by atoms with Crippen molar-refractivity contribution in [2.75, 3.05) is 0 Å². The van der Waals surface area contributed by atoms with Gasteiger partial charge in [0.05, 0.1) is 11.9 Å². The Balaban J connectivity index is -0.0000000563. The summed E-state index contributed by atoms with van der Waals surface area (Å²) in [6.45, 7) is 0. The third-order valence-electron chi connectivity index (χ3n) is 1.44. The van der Waals surface area contributed by atoms with Gasteiger partial charge >= 0.3 is 202 Å². The minimum atomic E-state index is -3.46. The molecule has 0 radical (unpaired) electrons. The molecule has 0 aliphatic rings. The van der Waals surface area contributed by atoms with Crippen LogP contribution in [0, 0.1) is 0 Å². The summed E-state index contributed by atoms with van der Waals surface area (Å²) < 4.78 is 0. The molecule has 8 nitrogen and oxygen atoms in total. The molecule has 0 spiro atoms. The molecule has 0 amide bonds. The fourth-order valence-electron chi connectivity index (χ4n) is 0.695. The molecule has 20 heavy (non-hydrogen) atoms. The summed E-state index contributed by atoms with van der Waals surface area (Å²) >= 11 is 0. The first-order chi connectivity index (χ1) is 6.21. The average molecular weight is 400 g/mol. The Kier molecular flexibility index (Phi) is 49.3. The maximum absolute atomic E-state index is 10.2. The van der Waals surface area contributed by atoms with E-state index in [-0.39, 0.29) is 202 Å². The first-order valence-corrected chi connectivity index (χ1v) is 3.24. The Bertz CT molecular complexity index is 295. The monoisotopic (exact) mass is 400 g/mol. The van der Waals surface area contributed by atoms with E-state index in [1.165, 1.54) is 0 Å². The minimum Gasteiger partial charge on any atom is 1.00 e. The summed E-state index contributed by atoms with van der Waals surface area (Å²) in [5.41, 5.74) is -3.46.